The van der Waals surface area contributed by atoms with Crippen molar-refractivity contribution in [2.45, 2.75) is 58.2 Å². The first-order valence-corrected chi connectivity index (χ1v) is 8.31. The van der Waals surface area contributed by atoms with Crippen LogP contribution in [0.5, 0.6) is 0 Å². The molecule has 0 spiro atoms. The lowest BCUT2D eigenvalue weighted by atomic mass is 9.89. The van der Waals surface area contributed by atoms with Gasteiger partial charge in [-0.2, -0.15) is 0 Å². The molecule has 1 aliphatic carbocycles. The molecule has 2 nitrogen and oxygen atoms in total. The molecule has 1 aromatic carbocycles. The van der Waals surface area contributed by atoms with Crippen LogP contribution in [0.15, 0.2) is 24.3 Å². The molecule has 0 radical (unpaired) electrons. The average molecular weight is 293 g/mol. The van der Waals surface area contributed by atoms with Crippen LogP contribution in [0.3, 0.4) is 0 Å². The van der Waals surface area contributed by atoms with Crippen LogP contribution in [0.2, 0.25) is 0 Å². The number of nitrogens with one attached hydrogen (secondary N) is 1. The molecular weight excluding hydrogens is 265 g/mol. The van der Waals surface area contributed by atoms with Gasteiger partial charge >= 0.3 is 0 Å². The molecule has 1 unspecified atom stereocenters. The predicted octanol–water partition coefficient (Wildman–Crippen LogP) is 4.46. The molecule has 1 aliphatic rings. The Morgan fingerprint density at radius 2 is 1.95 bits per heavy atom. The Morgan fingerprint density at radius 1 is 1.24 bits per heavy atom. The number of hydrogen-bond donors (Lipinski definition) is 1. The number of halogens is 1. The Kier molecular flexibility index (Phi) is 6.65. The van der Waals surface area contributed by atoms with Gasteiger partial charge in [-0.25, -0.2) is 4.39 Å². The maximum atomic E-state index is 14.1. The molecule has 0 bridgehead atoms. The van der Waals surface area contributed by atoms with Crippen molar-refractivity contribution in [2.75, 3.05) is 13.1 Å². The van der Waals surface area contributed by atoms with Crippen LogP contribution < -0.4 is 5.32 Å². The lowest BCUT2D eigenvalue weighted by molar-refractivity contribution is -0.0375. The van der Waals surface area contributed by atoms with E-state index >= 15 is 0 Å². The number of hydrogen-bond acceptors (Lipinski definition) is 2. The first kappa shape index (κ1) is 16.4. The number of rotatable bonds is 7. The van der Waals surface area contributed by atoms with Crippen molar-refractivity contribution in [1.29, 1.82) is 0 Å². The fraction of sp³-hybridized carbons (Fsp3) is 0.667. The zero-order chi connectivity index (χ0) is 15.1. The molecule has 0 saturated heterocycles. The van der Waals surface area contributed by atoms with Crippen LogP contribution in [-0.4, -0.2) is 19.2 Å². The Hall–Kier alpha value is -0.930. The van der Waals surface area contributed by atoms with Gasteiger partial charge in [-0.05, 0) is 50.6 Å². The first-order valence-electron chi connectivity index (χ1n) is 8.31. The van der Waals surface area contributed by atoms with E-state index in [2.05, 4.69) is 19.2 Å². The van der Waals surface area contributed by atoms with E-state index in [1.165, 1.54) is 18.9 Å². The normalized spacial score (nSPS) is 24.0. The van der Waals surface area contributed by atoms with E-state index in [9.17, 15) is 4.39 Å². The third kappa shape index (κ3) is 5.08. The van der Waals surface area contributed by atoms with Gasteiger partial charge in [0.15, 0.2) is 0 Å². The highest BCUT2D eigenvalue weighted by molar-refractivity contribution is 5.20. The van der Waals surface area contributed by atoms with Gasteiger partial charge in [-0.15, -0.1) is 0 Å². The number of ether oxygens (including phenoxy) is 1. The summed E-state index contributed by atoms with van der Waals surface area (Å²) in [6.45, 7) is 6.05. The quantitative estimate of drug-likeness (QED) is 0.749. The van der Waals surface area contributed by atoms with Gasteiger partial charge in [0.25, 0.3) is 0 Å². The van der Waals surface area contributed by atoms with Crippen LogP contribution >= 0.6 is 0 Å². The van der Waals surface area contributed by atoms with E-state index in [0.717, 1.165) is 31.7 Å². The van der Waals surface area contributed by atoms with Crippen molar-refractivity contribution in [3.05, 3.63) is 35.6 Å². The zero-order valence-electron chi connectivity index (χ0n) is 13.3. The third-order valence-electron chi connectivity index (χ3n) is 4.33. The van der Waals surface area contributed by atoms with Gasteiger partial charge in [-0.1, -0.05) is 32.0 Å². The van der Waals surface area contributed by atoms with E-state index in [0.29, 0.717) is 12.1 Å². The van der Waals surface area contributed by atoms with Gasteiger partial charge in [0.2, 0.25) is 0 Å². The summed E-state index contributed by atoms with van der Waals surface area (Å²) in [4.78, 5) is 0. The summed E-state index contributed by atoms with van der Waals surface area (Å²) in [5, 5.41) is 3.37. The summed E-state index contributed by atoms with van der Waals surface area (Å²) in [7, 11) is 0. The zero-order valence-corrected chi connectivity index (χ0v) is 13.3. The molecule has 1 fully saturated rings. The molecule has 0 aromatic heterocycles. The molecule has 1 aromatic rings. The Bertz CT molecular complexity index is 415. The molecular formula is C18H28FNO. The van der Waals surface area contributed by atoms with Crippen LogP contribution in [0, 0.1) is 11.7 Å². The summed E-state index contributed by atoms with van der Waals surface area (Å²) in [6, 6.07) is 6.99. The number of benzene rings is 1. The molecule has 1 saturated carbocycles. The van der Waals surface area contributed by atoms with Gasteiger partial charge in [-0.3, -0.25) is 0 Å². The third-order valence-corrected chi connectivity index (χ3v) is 4.33. The fourth-order valence-electron chi connectivity index (χ4n) is 2.98. The van der Waals surface area contributed by atoms with Crippen molar-refractivity contribution >= 4 is 0 Å². The van der Waals surface area contributed by atoms with Gasteiger partial charge in [0.1, 0.15) is 5.82 Å². The molecule has 1 atom stereocenters. The van der Waals surface area contributed by atoms with Crippen LogP contribution in [-0.2, 0) is 4.74 Å². The van der Waals surface area contributed by atoms with E-state index in [4.69, 9.17) is 4.74 Å². The average Bonchev–Trinajstić information content (AvgIpc) is 2.49. The van der Waals surface area contributed by atoms with Crippen molar-refractivity contribution in [3.63, 3.8) is 0 Å². The highest BCUT2D eigenvalue weighted by Crippen LogP contribution is 2.30. The topological polar surface area (TPSA) is 21.3 Å². The summed E-state index contributed by atoms with van der Waals surface area (Å²) in [6.07, 6.45) is 5.80. The second-order valence-corrected chi connectivity index (χ2v) is 6.23. The van der Waals surface area contributed by atoms with E-state index in [1.54, 1.807) is 6.07 Å². The highest BCUT2D eigenvalue weighted by atomic mass is 19.1. The van der Waals surface area contributed by atoms with Gasteiger partial charge < -0.3 is 10.1 Å². The molecule has 3 heteroatoms. The minimum atomic E-state index is -0.184. The predicted molar refractivity (Wildman–Crippen MR) is 84.8 cm³/mol. The van der Waals surface area contributed by atoms with E-state index in [1.807, 2.05) is 12.1 Å². The maximum absolute atomic E-state index is 14.1. The highest BCUT2D eigenvalue weighted by Gasteiger charge is 2.24. The molecule has 1 N–H and O–H groups in total. The fourth-order valence-corrected chi connectivity index (χ4v) is 2.98. The van der Waals surface area contributed by atoms with Gasteiger partial charge in [0.05, 0.1) is 12.2 Å². The Labute approximate surface area is 128 Å². The molecule has 0 aliphatic heterocycles. The smallest absolute Gasteiger partial charge is 0.129 e. The van der Waals surface area contributed by atoms with Crippen LogP contribution in [0.25, 0.3) is 0 Å². The summed E-state index contributed by atoms with van der Waals surface area (Å²) < 4.78 is 20.3. The van der Waals surface area contributed by atoms with Crippen LogP contribution in [0.4, 0.5) is 4.39 Å². The first-order chi connectivity index (χ1) is 10.2. The molecule has 21 heavy (non-hydrogen) atoms. The monoisotopic (exact) mass is 293 g/mol. The van der Waals surface area contributed by atoms with Crippen molar-refractivity contribution < 1.29 is 9.13 Å². The second kappa shape index (κ2) is 8.50. The van der Waals surface area contributed by atoms with Gasteiger partial charge in [0, 0.05) is 12.1 Å². The SMILES string of the molecule is CCCNCC(OC1CCC(C)CC1)c1ccccc1F. The van der Waals surface area contributed by atoms with Crippen molar-refractivity contribution in [1.82, 2.24) is 5.32 Å². The minimum Gasteiger partial charge on any atom is -0.369 e. The van der Waals surface area contributed by atoms with Crippen molar-refractivity contribution in [3.8, 4) is 0 Å². The second-order valence-electron chi connectivity index (χ2n) is 6.23. The molecule has 118 valence electrons. The standard InChI is InChI=1S/C18H28FNO/c1-3-12-20-13-18(16-6-4-5-7-17(16)19)21-15-10-8-14(2)9-11-15/h4-7,14-15,18,20H,3,8-13H2,1-2H3. The minimum absolute atomic E-state index is 0.162. The molecule has 0 amide bonds. The lowest BCUT2D eigenvalue weighted by Crippen LogP contribution is -2.29. The summed E-state index contributed by atoms with van der Waals surface area (Å²) in [5.41, 5.74) is 0.680. The maximum Gasteiger partial charge on any atom is 0.129 e. The molecule has 2 rings (SSSR count). The van der Waals surface area contributed by atoms with Crippen molar-refractivity contribution in [2.24, 2.45) is 5.92 Å². The Balaban J connectivity index is 2.00. The summed E-state index contributed by atoms with van der Waals surface area (Å²) in [5.74, 6) is 0.639. The molecule has 0 heterocycles. The van der Waals surface area contributed by atoms with E-state index < -0.39 is 0 Å². The van der Waals surface area contributed by atoms with E-state index in [-0.39, 0.29) is 18.0 Å². The Morgan fingerprint density at radius 3 is 2.62 bits per heavy atom. The van der Waals surface area contributed by atoms with Crippen LogP contribution in [0.1, 0.15) is 57.6 Å². The largest absolute Gasteiger partial charge is 0.369 e. The lowest BCUT2D eigenvalue weighted by Gasteiger charge is -2.30. The summed E-state index contributed by atoms with van der Waals surface area (Å²) >= 11 is 0.